The van der Waals surface area contributed by atoms with Gasteiger partial charge >= 0.3 is 0 Å². The van der Waals surface area contributed by atoms with Gasteiger partial charge in [-0.3, -0.25) is 0 Å². The lowest BCUT2D eigenvalue weighted by Crippen LogP contribution is -2.23. The molecule has 2 atom stereocenters. The van der Waals surface area contributed by atoms with Crippen molar-refractivity contribution in [1.82, 2.24) is 9.36 Å². The molecule has 1 aromatic rings. The minimum Gasteiger partial charge on any atom is -0.356 e. The summed E-state index contributed by atoms with van der Waals surface area (Å²) in [7, 11) is 0. The van der Waals surface area contributed by atoms with Crippen molar-refractivity contribution in [2.75, 3.05) is 5.32 Å². The molecule has 1 aliphatic carbocycles. The lowest BCUT2D eigenvalue weighted by Gasteiger charge is -2.13. The Hall–Kier alpha value is -0.350. The zero-order valence-corrected chi connectivity index (χ0v) is 9.74. The molecule has 1 fully saturated rings. The number of anilines is 1. The summed E-state index contributed by atoms with van der Waals surface area (Å²) in [4.78, 5) is 4.36. The number of nitrogens with zero attached hydrogens (tertiary/aromatic N) is 2. The molecule has 1 heterocycles. The van der Waals surface area contributed by atoms with Crippen LogP contribution in [0.3, 0.4) is 0 Å². The molecule has 0 amide bonds. The van der Waals surface area contributed by atoms with Crippen molar-refractivity contribution < 1.29 is 0 Å². The van der Waals surface area contributed by atoms with E-state index >= 15 is 0 Å². The Morgan fingerprint density at radius 1 is 1.57 bits per heavy atom. The Kier molecular flexibility index (Phi) is 3.23. The standard InChI is InChI=1S/C9H14ClN3S/c1-2-8-12-9(14-13-8)11-7-5-3-4-6(7)10/h6-7H,2-5H2,1H3,(H,11,12,13). The van der Waals surface area contributed by atoms with Gasteiger partial charge in [-0.25, -0.2) is 4.98 Å². The van der Waals surface area contributed by atoms with Crippen molar-refractivity contribution in [2.24, 2.45) is 0 Å². The third-order valence-corrected chi connectivity index (χ3v) is 3.73. The molecule has 0 spiro atoms. The Labute approximate surface area is 93.1 Å². The van der Waals surface area contributed by atoms with Gasteiger partial charge in [-0.1, -0.05) is 6.92 Å². The highest BCUT2D eigenvalue weighted by Gasteiger charge is 2.25. The second-order valence-corrected chi connectivity index (χ2v) is 4.88. The van der Waals surface area contributed by atoms with Crippen LogP contribution in [-0.4, -0.2) is 20.8 Å². The van der Waals surface area contributed by atoms with Crippen LogP contribution >= 0.6 is 23.1 Å². The van der Waals surface area contributed by atoms with Crippen LogP contribution in [0.4, 0.5) is 5.13 Å². The summed E-state index contributed by atoms with van der Waals surface area (Å²) in [5.74, 6) is 0.918. The molecule has 3 nitrogen and oxygen atoms in total. The lowest BCUT2D eigenvalue weighted by atomic mass is 10.2. The molecule has 5 heteroatoms. The van der Waals surface area contributed by atoms with Crippen molar-refractivity contribution in [1.29, 1.82) is 0 Å². The van der Waals surface area contributed by atoms with E-state index in [1.165, 1.54) is 18.0 Å². The molecule has 2 rings (SSSR count). The number of nitrogens with one attached hydrogen (secondary N) is 1. The quantitative estimate of drug-likeness (QED) is 0.813. The van der Waals surface area contributed by atoms with Crippen LogP contribution in [-0.2, 0) is 6.42 Å². The Morgan fingerprint density at radius 3 is 3.00 bits per heavy atom. The van der Waals surface area contributed by atoms with E-state index in [0.717, 1.165) is 30.2 Å². The molecular weight excluding hydrogens is 218 g/mol. The van der Waals surface area contributed by atoms with Crippen molar-refractivity contribution in [3.8, 4) is 0 Å². The fourth-order valence-electron chi connectivity index (χ4n) is 1.69. The average molecular weight is 232 g/mol. The summed E-state index contributed by atoms with van der Waals surface area (Å²) in [6, 6.07) is 0.384. The maximum Gasteiger partial charge on any atom is 0.202 e. The summed E-state index contributed by atoms with van der Waals surface area (Å²) in [6.45, 7) is 2.06. The summed E-state index contributed by atoms with van der Waals surface area (Å²) < 4.78 is 4.23. The molecule has 0 saturated heterocycles. The van der Waals surface area contributed by atoms with Crippen LogP contribution in [0, 0.1) is 0 Å². The fraction of sp³-hybridized carbons (Fsp3) is 0.778. The van der Waals surface area contributed by atoms with Gasteiger partial charge in [0.15, 0.2) is 0 Å². The number of halogens is 1. The third kappa shape index (κ3) is 2.17. The third-order valence-electron chi connectivity index (χ3n) is 2.52. The molecule has 78 valence electrons. The highest BCUT2D eigenvalue weighted by Crippen LogP contribution is 2.27. The van der Waals surface area contributed by atoms with E-state index in [1.807, 2.05) is 0 Å². The van der Waals surface area contributed by atoms with Gasteiger partial charge in [-0.15, -0.1) is 11.6 Å². The molecule has 1 aliphatic rings. The predicted octanol–water partition coefficient (Wildman–Crippen LogP) is 2.67. The minimum absolute atomic E-state index is 0.254. The minimum atomic E-state index is 0.254. The van der Waals surface area contributed by atoms with Crippen LogP contribution < -0.4 is 5.32 Å². The van der Waals surface area contributed by atoms with Crippen LogP contribution in [0.1, 0.15) is 32.0 Å². The first kappa shape index (κ1) is 10.2. The van der Waals surface area contributed by atoms with Gasteiger partial charge in [0.2, 0.25) is 5.13 Å². The predicted molar refractivity (Wildman–Crippen MR) is 60.2 cm³/mol. The number of aryl methyl sites for hydroxylation is 1. The van der Waals surface area contributed by atoms with Gasteiger partial charge in [0.1, 0.15) is 5.82 Å². The van der Waals surface area contributed by atoms with Crippen LogP contribution in [0.25, 0.3) is 0 Å². The van der Waals surface area contributed by atoms with Gasteiger partial charge in [0.05, 0.1) is 5.38 Å². The van der Waals surface area contributed by atoms with Gasteiger partial charge in [0.25, 0.3) is 0 Å². The summed E-state index contributed by atoms with van der Waals surface area (Å²) in [5, 5.41) is 4.53. The lowest BCUT2D eigenvalue weighted by molar-refractivity contribution is 0.759. The highest BCUT2D eigenvalue weighted by molar-refractivity contribution is 7.09. The maximum atomic E-state index is 6.16. The molecule has 0 bridgehead atoms. The van der Waals surface area contributed by atoms with E-state index in [1.54, 1.807) is 0 Å². The van der Waals surface area contributed by atoms with E-state index in [-0.39, 0.29) is 5.38 Å². The molecule has 0 radical (unpaired) electrons. The topological polar surface area (TPSA) is 37.8 Å². The molecule has 0 aliphatic heterocycles. The Morgan fingerprint density at radius 2 is 2.43 bits per heavy atom. The maximum absolute atomic E-state index is 6.16. The highest BCUT2D eigenvalue weighted by atomic mass is 35.5. The molecule has 0 aromatic carbocycles. The molecule has 1 saturated carbocycles. The van der Waals surface area contributed by atoms with Crippen LogP contribution in [0.5, 0.6) is 0 Å². The van der Waals surface area contributed by atoms with E-state index in [0.29, 0.717) is 6.04 Å². The number of hydrogen-bond donors (Lipinski definition) is 1. The summed E-state index contributed by atoms with van der Waals surface area (Å²) in [6.07, 6.45) is 4.37. The van der Waals surface area contributed by atoms with E-state index < -0.39 is 0 Å². The van der Waals surface area contributed by atoms with E-state index in [4.69, 9.17) is 11.6 Å². The largest absolute Gasteiger partial charge is 0.356 e. The first-order chi connectivity index (χ1) is 6.79. The number of aromatic nitrogens is 2. The zero-order chi connectivity index (χ0) is 9.97. The van der Waals surface area contributed by atoms with Crippen molar-refractivity contribution in [3.63, 3.8) is 0 Å². The SMILES string of the molecule is CCc1nsc(NC2CCCC2Cl)n1. The Bertz CT molecular complexity index is 302. The molecule has 1 N–H and O–H groups in total. The number of alkyl halides is 1. The fourth-order valence-corrected chi connectivity index (χ4v) is 2.75. The van der Waals surface area contributed by atoms with Crippen LogP contribution in [0.2, 0.25) is 0 Å². The second kappa shape index (κ2) is 4.45. The monoisotopic (exact) mass is 231 g/mol. The summed E-state index contributed by atoms with van der Waals surface area (Å²) >= 11 is 7.59. The first-order valence-electron chi connectivity index (χ1n) is 5.02. The molecular formula is C9H14ClN3S. The van der Waals surface area contributed by atoms with Gasteiger partial charge < -0.3 is 5.32 Å². The smallest absolute Gasteiger partial charge is 0.202 e. The van der Waals surface area contributed by atoms with Gasteiger partial charge in [-0.2, -0.15) is 4.37 Å². The van der Waals surface area contributed by atoms with Crippen molar-refractivity contribution in [2.45, 2.75) is 44.0 Å². The second-order valence-electron chi connectivity index (χ2n) is 3.57. The normalized spacial score (nSPS) is 26.7. The number of rotatable bonds is 3. The van der Waals surface area contributed by atoms with E-state index in [2.05, 4.69) is 21.6 Å². The van der Waals surface area contributed by atoms with Gasteiger partial charge in [-0.05, 0) is 19.3 Å². The zero-order valence-electron chi connectivity index (χ0n) is 8.16. The molecule has 14 heavy (non-hydrogen) atoms. The summed E-state index contributed by atoms with van der Waals surface area (Å²) in [5.41, 5.74) is 0. The molecule has 2 unspecified atom stereocenters. The Balaban J connectivity index is 1.96. The first-order valence-corrected chi connectivity index (χ1v) is 6.23. The molecule has 1 aromatic heterocycles. The van der Waals surface area contributed by atoms with Crippen molar-refractivity contribution in [3.05, 3.63) is 5.82 Å². The van der Waals surface area contributed by atoms with E-state index in [9.17, 15) is 0 Å². The van der Waals surface area contributed by atoms with Crippen molar-refractivity contribution >= 4 is 28.3 Å². The van der Waals surface area contributed by atoms with Crippen LogP contribution in [0.15, 0.2) is 0 Å². The number of hydrogen-bond acceptors (Lipinski definition) is 4. The van der Waals surface area contributed by atoms with Gasteiger partial charge in [0, 0.05) is 24.0 Å². The average Bonchev–Trinajstić information content (AvgIpc) is 2.77.